The predicted octanol–water partition coefficient (Wildman–Crippen LogP) is 0.715. The Hall–Kier alpha value is -1.39. The molecule has 4 nitrogen and oxygen atoms in total. The van der Waals surface area contributed by atoms with E-state index >= 15 is 0 Å². The fraction of sp³-hybridized carbons (Fsp3) is 0.462. The molecule has 1 atom stereocenters. The van der Waals surface area contributed by atoms with Gasteiger partial charge in [0, 0.05) is 13.1 Å². The van der Waals surface area contributed by atoms with Crippen molar-refractivity contribution < 1.29 is 14.6 Å². The second-order valence-corrected chi connectivity index (χ2v) is 4.29. The molecule has 1 amide bonds. The third kappa shape index (κ3) is 2.84. The predicted molar refractivity (Wildman–Crippen MR) is 63.4 cm³/mol. The fourth-order valence-electron chi connectivity index (χ4n) is 1.89. The number of hydrogen-bond donors (Lipinski definition) is 1. The molecule has 17 heavy (non-hydrogen) atoms. The van der Waals surface area contributed by atoms with Crippen molar-refractivity contribution in [3.05, 3.63) is 35.4 Å². The van der Waals surface area contributed by atoms with E-state index in [1.165, 1.54) is 5.56 Å². The first-order valence-electron chi connectivity index (χ1n) is 5.77. The number of carbonyl (C=O) groups excluding carboxylic acids is 1. The first kappa shape index (κ1) is 12.1. The van der Waals surface area contributed by atoms with Crippen LogP contribution < -0.4 is 0 Å². The number of nitrogens with zero attached hydrogens (tertiary/aromatic N) is 1. The summed E-state index contributed by atoms with van der Waals surface area (Å²) in [6.07, 6.45) is -0.686. The van der Waals surface area contributed by atoms with E-state index in [2.05, 4.69) is 0 Å². The van der Waals surface area contributed by atoms with Gasteiger partial charge in [-0.3, -0.25) is 4.79 Å². The van der Waals surface area contributed by atoms with E-state index in [0.717, 1.165) is 5.56 Å². The first-order valence-corrected chi connectivity index (χ1v) is 5.77. The molecule has 1 aromatic carbocycles. The minimum Gasteiger partial charge on any atom is -0.393 e. The summed E-state index contributed by atoms with van der Waals surface area (Å²) < 4.78 is 5.19. The van der Waals surface area contributed by atoms with Gasteiger partial charge in [0.1, 0.15) is 0 Å². The largest absolute Gasteiger partial charge is 0.393 e. The van der Waals surface area contributed by atoms with Gasteiger partial charge in [0.25, 0.3) is 5.91 Å². The monoisotopic (exact) mass is 235 g/mol. The number of aliphatic hydroxyl groups excluding tert-OH is 1. The molecule has 1 N–H and O–H groups in total. The molecule has 0 bridgehead atoms. The van der Waals surface area contributed by atoms with E-state index in [0.29, 0.717) is 19.7 Å². The molecule has 1 saturated heterocycles. The molecule has 1 aliphatic rings. The van der Waals surface area contributed by atoms with E-state index in [1.54, 1.807) is 4.90 Å². The van der Waals surface area contributed by atoms with Crippen molar-refractivity contribution in [3.8, 4) is 0 Å². The summed E-state index contributed by atoms with van der Waals surface area (Å²) >= 11 is 0. The van der Waals surface area contributed by atoms with Crippen molar-refractivity contribution in [2.75, 3.05) is 19.8 Å². The average Bonchev–Trinajstić information content (AvgIpc) is 2.35. The lowest BCUT2D eigenvalue weighted by Gasteiger charge is -2.31. The van der Waals surface area contributed by atoms with E-state index in [1.807, 2.05) is 31.2 Å². The summed E-state index contributed by atoms with van der Waals surface area (Å²) in [4.78, 5) is 13.6. The lowest BCUT2D eigenvalue weighted by Crippen LogP contribution is -2.48. The van der Waals surface area contributed by atoms with Crippen LogP contribution in [-0.4, -0.2) is 41.8 Å². The van der Waals surface area contributed by atoms with Gasteiger partial charge in [-0.05, 0) is 12.5 Å². The van der Waals surface area contributed by atoms with Crippen LogP contribution in [0.15, 0.2) is 24.3 Å². The van der Waals surface area contributed by atoms with Gasteiger partial charge in [-0.2, -0.15) is 0 Å². The Morgan fingerprint density at radius 1 is 1.41 bits per heavy atom. The Morgan fingerprint density at radius 2 is 2.12 bits per heavy atom. The number of carbonyl (C=O) groups is 1. The highest BCUT2D eigenvalue weighted by Crippen LogP contribution is 2.12. The van der Waals surface area contributed by atoms with Gasteiger partial charge >= 0.3 is 0 Å². The highest BCUT2D eigenvalue weighted by molar-refractivity contribution is 5.81. The van der Waals surface area contributed by atoms with E-state index < -0.39 is 6.10 Å². The van der Waals surface area contributed by atoms with Crippen molar-refractivity contribution in [1.82, 2.24) is 4.90 Å². The third-order valence-corrected chi connectivity index (χ3v) is 2.93. The summed E-state index contributed by atoms with van der Waals surface area (Å²) in [5.41, 5.74) is 2.30. The number of rotatable bonds is 3. The quantitative estimate of drug-likeness (QED) is 0.839. The molecule has 1 aliphatic heterocycles. The highest BCUT2D eigenvalue weighted by Gasteiger charge is 2.28. The van der Waals surface area contributed by atoms with Gasteiger partial charge in [0.2, 0.25) is 0 Å². The Bertz CT molecular complexity index is 388. The van der Waals surface area contributed by atoms with Gasteiger partial charge < -0.3 is 14.7 Å². The van der Waals surface area contributed by atoms with Crippen molar-refractivity contribution in [1.29, 1.82) is 0 Å². The van der Waals surface area contributed by atoms with Crippen LogP contribution in [0.1, 0.15) is 11.1 Å². The fourth-order valence-corrected chi connectivity index (χ4v) is 1.89. The zero-order valence-electron chi connectivity index (χ0n) is 9.93. The van der Waals surface area contributed by atoms with Crippen molar-refractivity contribution in [3.63, 3.8) is 0 Å². The standard InChI is InChI=1S/C13H17NO3/c1-10-2-4-11(5-3-10)8-14-6-7-17-12(9-15)13(14)16/h2-5,12,15H,6-9H2,1H3. The number of benzene rings is 1. The molecular formula is C13H17NO3. The van der Waals surface area contributed by atoms with Gasteiger partial charge in [0.05, 0.1) is 13.2 Å². The number of aliphatic hydroxyl groups is 1. The molecule has 0 aliphatic carbocycles. The molecule has 92 valence electrons. The second kappa shape index (κ2) is 5.29. The number of aryl methyl sites for hydroxylation is 1. The zero-order valence-corrected chi connectivity index (χ0v) is 9.93. The van der Waals surface area contributed by atoms with Crippen LogP contribution in [0.5, 0.6) is 0 Å². The van der Waals surface area contributed by atoms with Crippen LogP contribution in [0, 0.1) is 6.92 Å². The van der Waals surface area contributed by atoms with Crippen LogP contribution in [0.3, 0.4) is 0 Å². The molecular weight excluding hydrogens is 218 g/mol. The van der Waals surface area contributed by atoms with Crippen molar-refractivity contribution in [2.24, 2.45) is 0 Å². The zero-order chi connectivity index (χ0) is 12.3. The molecule has 0 saturated carbocycles. The number of hydrogen-bond acceptors (Lipinski definition) is 3. The first-order chi connectivity index (χ1) is 8.20. The van der Waals surface area contributed by atoms with Crippen LogP contribution >= 0.6 is 0 Å². The Balaban J connectivity index is 2.02. The highest BCUT2D eigenvalue weighted by atomic mass is 16.5. The molecule has 1 heterocycles. The summed E-state index contributed by atoms with van der Waals surface area (Å²) in [6.45, 7) is 3.44. The van der Waals surface area contributed by atoms with E-state index in [9.17, 15) is 4.79 Å². The SMILES string of the molecule is Cc1ccc(CN2CCOC(CO)C2=O)cc1. The molecule has 2 rings (SSSR count). The van der Waals surface area contributed by atoms with Crippen LogP contribution in [-0.2, 0) is 16.1 Å². The third-order valence-electron chi connectivity index (χ3n) is 2.93. The molecule has 1 aromatic rings. The Morgan fingerprint density at radius 3 is 2.76 bits per heavy atom. The van der Waals surface area contributed by atoms with E-state index in [4.69, 9.17) is 9.84 Å². The van der Waals surface area contributed by atoms with Crippen molar-refractivity contribution >= 4 is 5.91 Å². The van der Waals surface area contributed by atoms with Crippen molar-refractivity contribution in [2.45, 2.75) is 19.6 Å². The molecule has 0 aromatic heterocycles. The Kier molecular flexibility index (Phi) is 3.76. The summed E-state index contributed by atoms with van der Waals surface area (Å²) in [5.74, 6) is -0.126. The smallest absolute Gasteiger partial charge is 0.254 e. The maximum atomic E-state index is 11.9. The Labute approximate surface area is 101 Å². The lowest BCUT2D eigenvalue weighted by molar-refractivity contribution is -0.156. The van der Waals surface area contributed by atoms with E-state index in [-0.39, 0.29) is 12.5 Å². The van der Waals surface area contributed by atoms with Gasteiger partial charge in [-0.1, -0.05) is 29.8 Å². The van der Waals surface area contributed by atoms with Crippen LogP contribution in [0.4, 0.5) is 0 Å². The minimum absolute atomic E-state index is 0.126. The molecule has 1 fully saturated rings. The van der Waals surface area contributed by atoms with Crippen LogP contribution in [0.2, 0.25) is 0 Å². The lowest BCUT2D eigenvalue weighted by atomic mass is 10.1. The number of ether oxygens (including phenoxy) is 1. The number of amides is 1. The van der Waals surface area contributed by atoms with Gasteiger partial charge in [-0.25, -0.2) is 0 Å². The average molecular weight is 235 g/mol. The summed E-state index contributed by atoms with van der Waals surface area (Å²) in [7, 11) is 0. The second-order valence-electron chi connectivity index (χ2n) is 4.29. The molecule has 0 spiro atoms. The van der Waals surface area contributed by atoms with Crippen LogP contribution in [0.25, 0.3) is 0 Å². The topological polar surface area (TPSA) is 49.8 Å². The van der Waals surface area contributed by atoms with Gasteiger partial charge in [0.15, 0.2) is 6.10 Å². The maximum Gasteiger partial charge on any atom is 0.254 e. The summed E-state index contributed by atoms with van der Waals surface area (Å²) in [5, 5.41) is 9.01. The summed E-state index contributed by atoms with van der Waals surface area (Å²) in [6, 6.07) is 8.10. The molecule has 1 unspecified atom stereocenters. The maximum absolute atomic E-state index is 11.9. The van der Waals surface area contributed by atoms with Gasteiger partial charge in [-0.15, -0.1) is 0 Å². The molecule has 0 radical (unpaired) electrons. The molecule has 4 heteroatoms. The number of morpholine rings is 1. The normalized spacial score (nSPS) is 20.7. The minimum atomic E-state index is -0.686.